The van der Waals surface area contributed by atoms with E-state index in [1.165, 1.54) is 0 Å². The molecule has 1 aliphatic carbocycles. The highest BCUT2D eigenvalue weighted by Crippen LogP contribution is 2.18. The van der Waals surface area contributed by atoms with Gasteiger partial charge in [-0.05, 0) is 43.0 Å². The molecule has 0 aliphatic heterocycles. The maximum atomic E-state index is 11.8. The highest BCUT2D eigenvalue weighted by Gasteiger charge is 2.21. The van der Waals surface area contributed by atoms with Crippen LogP contribution in [0, 0.1) is 5.92 Å². The normalized spacial score (nSPS) is 14.9. The highest BCUT2D eigenvalue weighted by molar-refractivity contribution is 6.39. The van der Waals surface area contributed by atoms with E-state index in [0.717, 1.165) is 31.4 Å². The van der Waals surface area contributed by atoms with Gasteiger partial charge in [0.05, 0.1) is 6.61 Å². The largest absolute Gasteiger partial charge is 0.493 e. The van der Waals surface area contributed by atoms with E-state index in [1.807, 2.05) is 0 Å². The quantitative estimate of drug-likeness (QED) is 0.822. The van der Waals surface area contributed by atoms with Gasteiger partial charge in [-0.15, -0.1) is 0 Å². The van der Waals surface area contributed by atoms with Gasteiger partial charge in [0.1, 0.15) is 5.75 Å². The van der Waals surface area contributed by atoms with Crippen LogP contribution in [0.3, 0.4) is 0 Å². The van der Waals surface area contributed by atoms with Gasteiger partial charge >= 0.3 is 11.8 Å². The van der Waals surface area contributed by atoms with Crippen LogP contribution < -0.4 is 15.4 Å². The van der Waals surface area contributed by atoms with Crippen molar-refractivity contribution in [1.82, 2.24) is 5.32 Å². The Balaban J connectivity index is 1.81. The zero-order valence-electron chi connectivity index (χ0n) is 13.2. The number of carbonyl (C=O) groups excluding carboxylic acids is 2. The highest BCUT2D eigenvalue weighted by atomic mass is 16.5. The van der Waals surface area contributed by atoms with E-state index in [9.17, 15) is 9.59 Å². The number of ether oxygens (including phenoxy) is 1. The number of amides is 2. The molecule has 2 amide bonds. The maximum Gasteiger partial charge on any atom is 0.313 e. The fourth-order valence-electron chi connectivity index (χ4n) is 2.41. The molecule has 1 aliphatic rings. The number of nitrogens with one attached hydrogen (secondary N) is 2. The molecule has 1 aromatic carbocycles. The Morgan fingerprint density at radius 1 is 1.14 bits per heavy atom. The molecule has 0 unspecified atom stereocenters. The van der Waals surface area contributed by atoms with Gasteiger partial charge in [-0.1, -0.05) is 26.7 Å². The van der Waals surface area contributed by atoms with E-state index in [4.69, 9.17) is 4.74 Å². The van der Waals surface area contributed by atoms with Crippen LogP contribution in [-0.4, -0.2) is 24.5 Å². The van der Waals surface area contributed by atoms with Crippen molar-refractivity contribution in [2.75, 3.05) is 11.9 Å². The van der Waals surface area contributed by atoms with Crippen LogP contribution in [0.15, 0.2) is 24.3 Å². The molecule has 0 atom stereocenters. The molecule has 2 N–H and O–H groups in total. The topological polar surface area (TPSA) is 67.4 Å². The molecule has 1 aromatic rings. The van der Waals surface area contributed by atoms with Gasteiger partial charge < -0.3 is 15.4 Å². The average Bonchev–Trinajstić information content (AvgIpc) is 2.99. The van der Waals surface area contributed by atoms with Gasteiger partial charge in [0, 0.05) is 11.7 Å². The summed E-state index contributed by atoms with van der Waals surface area (Å²) >= 11 is 0. The van der Waals surface area contributed by atoms with Crippen molar-refractivity contribution in [2.45, 2.75) is 45.6 Å². The van der Waals surface area contributed by atoms with E-state index in [0.29, 0.717) is 18.2 Å². The second-order valence-corrected chi connectivity index (χ2v) is 6.14. The fraction of sp³-hybridized carbons (Fsp3) is 0.529. The third-order valence-corrected chi connectivity index (χ3v) is 3.59. The summed E-state index contributed by atoms with van der Waals surface area (Å²) in [5.74, 6) is 0.0237. The van der Waals surface area contributed by atoms with Crippen molar-refractivity contribution in [1.29, 1.82) is 0 Å². The smallest absolute Gasteiger partial charge is 0.313 e. The summed E-state index contributed by atoms with van der Waals surface area (Å²) in [6.45, 7) is 4.81. The molecule has 2 rings (SSSR count). The SMILES string of the molecule is CC(C)COc1ccc(NC(=O)C(=O)NC2CCCC2)cc1. The lowest BCUT2D eigenvalue weighted by molar-refractivity contribution is -0.136. The summed E-state index contributed by atoms with van der Waals surface area (Å²) in [7, 11) is 0. The van der Waals surface area contributed by atoms with Gasteiger partial charge in [-0.3, -0.25) is 9.59 Å². The maximum absolute atomic E-state index is 11.8. The Morgan fingerprint density at radius 2 is 1.77 bits per heavy atom. The van der Waals surface area contributed by atoms with Crippen LogP contribution in [0.4, 0.5) is 5.69 Å². The predicted molar refractivity (Wildman–Crippen MR) is 85.8 cm³/mol. The first-order valence-corrected chi connectivity index (χ1v) is 7.89. The lowest BCUT2D eigenvalue weighted by Gasteiger charge is -2.12. The van der Waals surface area contributed by atoms with Crippen molar-refractivity contribution < 1.29 is 14.3 Å². The Kier molecular flexibility index (Phi) is 5.81. The molecule has 22 heavy (non-hydrogen) atoms. The number of rotatable bonds is 5. The van der Waals surface area contributed by atoms with Crippen molar-refractivity contribution in [3.63, 3.8) is 0 Å². The predicted octanol–water partition coefficient (Wildman–Crippen LogP) is 2.72. The minimum atomic E-state index is -0.622. The Morgan fingerprint density at radius 3 is 2.36 bits per heavy atom. The molecule has 0 heterocycles. The summed E-state index contributed by atoms with van der Waals surface area (Å²) in [5, 5.41) is 5.37. The van der Waals surface area contributed by atoms with E-state index in [2.05, 4.69) is 24.5 Å². The van der Waals surface area contributed by atoms with E-state index < -0.39 is 11.8 Å². The van der Waals surface area contributed by atoms with Gasteiger partial charge in [0.2, 0.25) is 0 Å². The van der Waals surface area contributed by atoms with Crippen molar-refractivity contribution in [3.05, 3.63) is 24.3 Å². The van der Waals surface area contributed by atoms with E-state index >= 15 is 0 Å². The van der Waals surface area contributed by atoms with Crippen LogP contribution >= 0.6 is 0 Å². The van der Waals surface area contributed by atoms with Crippen LogP contribution in [0.2, 0.25) is 0 Å². The molecular formula is C17H24N2O3. The van der Waals surface area contributed by atoms with E-state index in [1.54, 1.807) is 24.3 Å². The molecule has 0 radical (unpaired) electrons. The summed E-state index contributed by atoms with van der Waals surface area (Å²) in [6.07, 6.45) is 4.15. The van der Waals surface area contributed by atoms with Gasteiger partial charge in [0.25, 0.3) is 0 Å². The van der Waals surface area contributed by atoms with Crippen LogP contribution in [0.5, 0.6) is 5.75 Å². The lowest BCUT2D eigenvalue weighted by atomic mass is 10.2. The molecule has 5 heteroatoms. The van der Waals surface area contributed by atoms with Crippen LogP contribution in [0.25, 0.3) is 0 Å². The summed E-state index contributed by atoms with van der Waals surface area (Å²) in [4.78, 5) is 23.6. The molecule has 0 bridgehead atoms. The molecule has 1 saturated carbocycles. The Labute approximate surface area is 131 Å². The molecule has 1 fully saturated rings. The zero-order valence-corrected chi connectivity index (χ0v) is 13.2. The molecule has 120 valence electrons. The van der Waals surface area contributed by atoms with Crippen molar-refractivity contribution in [2.24, 2.45) is 5.92 Å². The van der Waals surface area contributed by atoms with Crippen molar-refractivity contribution in [3.8, 4) is 5.75 Å². The molecule has 0 spiro atoms. The molecule has 0 aromatic heterocycles. The number of hydrogen-bond donors (Lipinski definition) is 2. The lowest BCUT2D eigenvalue weighted by Crippen LogP contribution is -2.40. The second kappa shape index (κ2) is 7.82. The standard InChI is InChI=1S/C17H24N2O3/c1-12(2)11-22-15-9-7-14(8-10-15)19-17(21)16(20)18-13-5-3-4-6-13/h7-10,12-13H,3-6,11H2,1-2H3,(H,18,20)(H,19,21). The third-order valence-electron chi connectivity index (χ3n) is 3.59. The first-order chi connectivity index (χ1) is 10.5. The average molecular weight is 304 g/mol. The van der Waals surface area contributed by atoms with Crippen LogP contribution in [0.1, 0.15) is 39.5 Å². The third kappa shape index (κ3) is 5.06. The first kappa shape index (κ1) is 16.3. The number of benzene rings is 1. The molecule has 0 saturated heterocycles. The van der Waals surface area contributed by atoms with Gasteiger partial charge in [-0.25, -0.2) is 0 Å². The van der Waals surface area contributed by atoms with E-state index in [-0.39, 0.29) is 6.04 Å². The minimum absolute atomic E-state index is 0.144. The summed E-state index contributed by atoms with van der Waals surface area (Å²) in [6, 6.07) is 7.18. The summed E-state index contributed by atoms with van der Waals surface area (Å²) in [5.41, 5.74) is 0.587. The fourth-order valence-corrected chi connectivity index (χ4v) is 2.41. The molecule has 5 nitrogen and oxygen atoms in total. The van der Waals surface area contributed by atoms with Crippen molar-refractivity contribution >= 4 is 17.5 Å². The van der Waals surface area contributed by atoms with Gasteiger partial charge in [-0.2, -0.15) is 0 Å². The summed E-state index contributed by atoms with van der Waals surface area (Å²) < 4.78 is 5.57. The number of anilines is 1. The Bertz CT molecular complexity index is 505. The zero-order chi connectivity index (χ0) is 15.9. The molecular weight excluding hydrogens is 280 g/mol. The van der Waals surface area contributed by atoms with Gasteiger partial charge in [0.15, 0.2) is 0 Å². The first-order valence-electron chi connectivity index (χ1n) is 7.89. The monoisotopic (exact) mass is 304 g/mol. The second-order valence-electron chi connectivity index (χ2n) is 6.14. The number of hydrogen-bond acceptors (Lipinski definition) is 3. The van der Waals surface area contributed by atoms with Crippen LogP contribution in [-0.2, 0) is 9.59 Å². The minimum Gasteiger partial charge on any atom is -0.493 e. The Hall–Kier alpha value is -2.04. The number of carbonyl (C=O) groups is 2.